The summed E-state index contributed by atoms with van der Waals surface area (Å²) in [4.78, 5) is 20.2. The highest BCUT2D eigenvalue weighted by Gasteiger charge is 2.41. The third-order valence-electron chi connectivity index (χ3n) is 6.24. The van der Waals surface area contributed by atoms with Crippen LogP contribution in [0.15, 0.2) is 36.4 Å². The number of cyclic esters (lactones) is 1. The van der Waals surface area contributed by atoms with Crippen molar-refractivity contribution in [2.24, 2.45) is 0 Å². The van der Waals surface area contributed by atoms with Gasteiger partial charge in [-0.15, -0.1) is 5.10 Å². The van der Waals surface area contributed by atoms with Crippen molar-refractivity contribution < 1.29 is 19.4 Å². The SMILES string of the molecule is O=C1C=C(N2CCOC3(CCN(C[C@@H](O)c4ccc(-n5cnnn5)nc4)CC3)C2)CO1. The van der Waals surface area contributed by atoms with Crippen molar-refractivity contribution in [3.63, 3.8) is 0 Å². The quantitative estimate of drug-likeness (QED) is 0.637. The number of likely N-dealkylation sites (tertiary alicyclic amines) is 1. The van der Waals surface area contributed by atoms with Crippen LogP contribution in [0.1, 0.15) is 24.5 Å². The highest BCUT2D eigenvalue weighted by Crippen LogP contribution is 2.32. The number of aliphatic hydroxyl groups excluding tert-OH is 1. The van der Waals surface area contributed by atoms with E-state index in [0.717, 1.165) is 50.3 Å². The highest BCUT2D eigenvalue weighted by molar-refractivity contribution is 5.85. The van der Waals surface area contributed by atoms with Crippen LogP contribution in [0.4, 0.5) is 0 Å². The second-order valence-electron chi connectivity index (χ2n) is 8.22. The van der Waals surface area contributed by atoms with Crippen molar-refractivity contribution in [1.29, 1.82) is 0 Å². The molecule has 1 N–H and O–H groups in total. The van der Waals surface area contributed by atoms with Crippen LogP contribution in [0.5, 0.6) is 0 Å². The van der Waals surface area contributed by atoms with Gasteiger partial charge in [-0.3, -0.25) is 0 Å². The molecule has 164 valence electrons. The van der Waals surface area contributed by atoms with Gasteiger partial charge in [0.1, 0.15) is 12.9 Å². The Bertz CT molecular complexity index is 939. The largest absolute Gasteiger partial charge is 0.456 e. The molecule has 0 aliphatic carbocycles. The van der Waals surface area contributed by atoms with Crippen LogP contribution in [-0.4, -0.2) is 97.6 Å². The van der Waals surface area contributed by atoms with Gasteiger partial charge in [0.2, 0.25) is 0 Å². The summed E-state index contributed by atoms with van der Waals surface area (Å²) in [5.74, 6) is 0.337. The first-order chi connectivity index (χ1) is 15.1. The van der Waals surface area contributed by atoms with E-state index in [9.17, 15) is 9.90 Å². The van der Waals surface area contributed by atoms with E-state index in [1.54, 1.807) is 18.3 Å². The third kappa shape index (κ3) is 4.29. The second-order valence-corrected chi connectivity index (χ2v) is 8.22. The van der Waals surface area contributed by atoms with Crippen molar-refractivity contribution in [2.45, 2.75) is 24.5 Å². The minimum atomic E-state index is -0.625. The van der Waals surface area contributed by atoms with E-state index in [2.05, 4.69) is 30.3 Å². The number of β-amino-alcohol motifs (C(OH)–C–C–N with tert-alkyl or cyclic N) is 1. The minimum Gasteiger partial charge on any atom is -0.456 e. The molecule has 0 amide bonds. The summed E-state index contributed by atoms with van der Waals surface area (Å²) in [6, 6.07) is 3.64. The standard InChI is InChI=1S/C20H25N7O4/c28-17(15-1-2-18(21-10-15)27-14-22-23-24-27)11-25-5-3-20(4-6-25)13-26(7-8-31-20)16-9-19(29)30-12-16/h1-2,9-10,14,17,28H,3-8,11-13H2/t17-/m1/s1. The molecule has 1 spiro atoms. The lowest BCUT2D eigenvalue weighted by Gasteiger charge is -2.48. The van der Waals surface area contributed by atoms with Gasteiger partial charge in [-0.2, -0.15) is 4.68 Å². The number of hydrogen-bond donors (Lipinski definition) is 1. The normalized spacial score (nSPS) is 22.4. The zero-order valence-electron chi connectivity index (χ0n) is 17.1. The van der Waals surface area contributed by atoms with Crippen LogP contribution in [0.25, 0.3) is 5.82 Å². The number of tetrazole rings is 1. The van der Waals surface area contributed by atoms with Crippen molar-refractivity contribution in [3.05, 3.63) is 42.0 Å². The molecule has 5 heterocycles. The number of morpholine rings is 1. The number of rotatable bonds is 5. The van der Waals surface area contributed by atoms with Gasteiger partial charge < -0.3 is 24.4 Å². The predicted octanol–water partition coefficient (Wildman–Crippen LogP) is -0.302. The van der Waals surface area contributed by atoms with E-state index < -0.39 is 6.10 Å². The Morgan fingerprint density at radius 2 is 2.10 bits per heavy atom. The molecule has 5 rings (SSSR count). The molecule has 3 aliphatic rings. The lowest BCUT2D eigenvalue weighted by atomic mass is 9.89. The van der Waals surface area contributed by atoms with Gasteiger partial charge in [0.15, 0.2) is 5.82 Å². The van der Waals surface area contributed by atoms with E-state index >= 15 is 0 Å². The van der Waals surface area contributed by atoms with E-state index in [0.29, 0.717) is 25.6 Å². The number of carbonyl (C=O) groups excluding carboxylic acids is 1. The topological polar surface area (TPSA) is 119 Å². The lowest BCUT2D eigenvalue weighted by molar-refractivity contribution is -0.136. The van der Waals surface area contributed by atoms with Crippen molar-refractivity contribution in [2.75, 3.05) is 45.9 Å². The summed E-state index contributed by atoms with van der Waals surface area (Å²) < 4.78 is 12.7. The fraction of sp³-hybridized carbons (Fsp3) is 0.550. The van der Waals surface area contributed by atoms with Gasteiger partial charge >= 0.3 is 5.97 Å². The van der Waals surface area contributed by atoms with Gasteiger partial charge in [-0.1, -0.05) is 6.07 Å². The number of aliphatic hydroxyl groups is 1. The molecule has 2 aromatic heterocycles. The summed E-state index contributed by atoms with van der Waals surface area (Å²) >= 11 is 0. The molecule has 11 heteroatoms. The highest BCUT2D eigenvalue weighted by atomic mass is 16.5. The number of piperidine rings is 1. The average Bonchev–Trinajstić information content (AvgIpc) is 3.48. The zero-order chi connectivity index (χ0) is 21.3. The monoisotopic (exact) mass is 427 g/mol. The van der Waals surface area contributed by atoms with Crippen LogP contribution in [0.2, 0.25) is 0 Å². The molecular weight excluding hydrogens is 402 g/mol. The number of pyridine rings is 1. The Morgan fingerprint density at radius 3 is 2.77 bits per heavy atom. The molecule has 2 fully saturated rings. The fourth-order valence-electron chi connectivity index (χ4n) is 4.43. The molecule has 0 bridgehead atoms. The molecule has 31 heavy (non-hydrogen) atoms. The molecule has 2 aromatic rings. The van der Waals surface area contributed by atoms with Gasteiger partial charge in [0.25, 0.3) is 0 Å². The molecule has 0 saturated carbocycles. The van der Waals surface area contributed by atoms with Crippen LogP contribution < -0.4 is 0 Å². The van der Waals surface area contributed by atoms with Gasteiger partial charge in [0.05, 0.1) is 24.0 Å². The number of ether oxygens (including phenoxy) is 2. The lowest BCUT2D eigenvalue weighted by Crippen LogP contribution is -2.56. The summed E-state index contributed by atoms with van der Waals surface area (Å²) in [7, 11) is 0. The Balaban J connectivity index is 1.15. The van der Waals surface area contributed by atoms with Crippen molar-refractivity contribution in [3.8, 4) is 5.82 Å². The first kappa shape index (κ1) is 20.0. The number of nitrogens with zero attached hydrogens (tertiary/aromatic N) is 7. The van der Waals surface area contributed by atoms with Gasteiger partial charge in [-0.05, 0) is 29.3 Å². The van der Waals surface area contributed by atoms with Gasteiger partial charge in [-0.25, -0.2) is 9.78 Å². The molecule has 0 aromatic carbocycles. The zero-order valence-corrected chi connectivity index (χ0v) is 17.1. The number of esters is 1. The second kappa shape index (κ2) is 8.33. The first-order valence-corrected chi connectivity index (χ1v) is 10.5. The van der Waals surface area contributed by atoms with Crippen molar-refractivity contribution in [1.82, 2.24) is 35.0 Å². The maximum absolute atomic E-state index is 11.4. The van der Waals surface area contributed by atoms with E-state index in [1.165, 1.54) is 11.0 Å². The Kier molecular flexibility index (Phi) is 5.38. The summed E-state index contributed by atoms with van der Waals surface area (Å²) in [5, 5.41) is 21.7. The Labute approximate surface area is 179 Å². The summed E-state index contributed by atoms with van der Waals surface area (Å²) in [5.41, 5.74) is 1.50. The average molecular weight is 427 g/mol. The smallest absolute Gasteiger partial charge is 0.333 e. The van der Waals surface area contributed by atoms with E-state index in [1.807, 2.05) is 6.07 Å². The number of carbonyl (C=O) groups is 1. The molecule has 2 saturated heterocycles. The first-order valence-electron chi connectivity index (χ1n) is 10.5. The Hall–Kier alpha value is -2.89. The predicted molar refractivity (Wildman–Crippen MR) is 107 cm³/mol. The number of hydrogen-bond acceptors (Lipinski definition) is 10. The van der Waals surface area contributed by atoms with E-state index in [-0.39, 0.29) is 11.6 Å². The van der Waals surface area contributed by atoms with Crippen LogP contribution in [-0.2, 0) is 14.3 Å². The molecule has 3 aliphatic heterocycles. The third-order valence-corrected chi connectivity index (χ3v) is 6.24. The minimum absolute atomic E-state index is 0.207. The number of aromatic nitrogens is 5. The fourth-order valence-corrected chi connectivity index (χ4v) is 4.43. The van der Waals surface area contributed by atoms with Gasteiger partial charge in [0, 0.05) is 50.6 Å². The maximum atomic E-state index is 11.4. The molecule has 1 atom stereocenters. The molecule has 0 unspecified atom stereocenters. The summed E-state index contributed by atoms with van der Waals surface area (Å²) in [6.45, 7) is 4.78. The van der Waals surface area contributed by atoms with Crippen LogP contribution in [0, 0.1) is 0 Å². The van der Waals surface area contributed by atoms with Crippen LogP contribution in [0.3, 0.4) is 0 Å². The maximum Gasteiger partial charge on any atom is 0.333 e. The van der Waals surface area contributed by atoms with E-state index in [4.69, 9.17) is 9.47 Å². The molecule has 11 nitrogen and oxygen atoms in total. The summed E-state index contributed by atoms with van der Waals surface area (Å²) in [6.07, 6.45) is 5.87. The molecule has 0 radical (unpaired) electrons. The Morgan fingerprint density at radius 1 is 1.23 bits per heavy atom. The molecular formula is C20H25N7O4. The van der Waals surface area contributed by atoms with Crippen molar-refractivity contribution >= 4 is 5.97 Å². The van der Waals surface area contributed by atoms with Crippen LogP contribution >= 0.6 is 0 Å².